The molecule has 3 rings (SSSR count). The summed E-state index contributed by atoms with van der Waals surface area (Å²) < 4.78 is 5.10. The van der Waals surface area contributed by atoms with Crippen molar-refractivity contribution in [2.75, 3.05) is 0 Å². The first-order chi connectivity index (χ1) is 8.74. The molecule has 90 valence electrons. The van der Waals surface area contributed by atoms with E-state index in [0.717, 1.165) is 5.69 Å². The maximum absolute atomic E-state index is 9.41. The Hall–Kier alpha value is -2.76. The number of hydrogen-bond donors (Lipinski definition) is 3. The molecule has 0 aliphatic rings. The van der Waals surface area contributed by atoms with E-state index in [1.165, 1.54) is 12.1 Å². The second kappa shape index (κ2) is 3.92. The van der Waals surface area contributed by atoms with Gasteiger partial charge in [0.25, 0.3) is 5.89 Å². The number of aromatic hydroxyl groups is 2. The summed E-state index contributed by atoms with van der Waals surface area (Å²) in [4.78, 5) is 7.16. The van der Waals surface area contributed by atoms with Crippen LogP contribution in [-0.2, 0) is 0 Å². The molecule has 0 saturated heterocycles. The average molecular weight is 243 g/mol. The Bertz CT molecular complexity index is 674. The number of benzene rings is 1. The largest absolute Gasteiger partial charge is 0.504 e. The van der Waals surface area contributed by atoms with Gasteiger partial charge in [0.15, 0.2) is 11.5 Å². The van der Waals surface area contributed by atoms with Gasteiger partial charge in [0.2, 0.25) is 5.82 Å². The molecule has 0 amide bonds. The highest BCUT2D eigenvalue weighted by Crippen LogP contribution is 2.30. The first-order valence-corrected chi connectivity index (χ1v) is 5.24. The third-order valence-corrected chi connectivity index (χ3v) is 2.49. The van der Waals surface area contributed by atoms with E-state index in [4.69, 9.17) is 4.52 Å². The number of aromatic amines is 1. The Morgan fingerprint density at radius 1 is 1.11 bits per heavy atom. The first kappa shape index (κ1) is 10.4. The fourth-order valence-electron chi connectivity index (χ4n) is 1.58. The predicted molar refractivity (Wildman–Crippen MR) is 62.9 cm³/mol. The summed E-state index contributed by atoms with van der Waals surface area (Å²) in [6.07, 6.45) is 1.76. The van der Waals surface area contributed by atoms with E-state index < -0.39 is 0 Å². The van der Waals surface area contributed by atoms with Gasteiger partial charge in [-0.15, -0.1) is 0 Å². The quantitative estimate of drug-likeness (QED) is 0.599. The molecular formula is C12H9N3O3. The Balaban J connectivity index is 2.00. The number of nitrogens with zero attached hydrogens (tertiary/aromatic N) is 2. The highest BCUT2D eigenvalue weighted by Gasteiger charge is 2.12. The summed E-state index contributed by atoms with van der Waals surface area (Å²) >= 11 is 0. The lowest BCUT2D eigenvalue weighted by atomic mass is 10.2. The molecule has 0 bridgehead atoms. The Labute approximate surface area is 102 Å². The number of aromatic nitrogens is 3. The summed E-state index contributed by atoms with van der Waals surface area (Å²) in [5.74, 6) is 0.285. The van der Waals surface area contributed by atoms with Crippen LogP contribution in [0.2, 0.25) is 0 Å². The standard InChI is InChI=1S/C12H9N3O3/c16-9-4-3-7(6-10(9)17)12-14-11(15-18-12)8-2-1-5-13-8/h1-6,13,16-17H. The second-order valence-electron chi connectivity index (χ2n) is 3.71. The maximum Gasteiger partial charge on any atom is 0.258 e. The van der Waals surface area contributed by atoms with Crippen LogP contribution in [0.25, 0.3) is 23.0 Å². The zero-order valence-corrected chi connectivity index (χ0v) is 9.16. The molecular weight excluding hydrogens is 234 g/mol. The van der Waals surface area contributed by atoms with E-state index >= 15 is 0 Å². The number of H-pyrrole nitrogens is 1. The van der Waals surface area contributed by atoms with E-state index in [2.05, 4.69) is 15.1 Å². The van der Waals surface area contributed by atoms with Crippen LogP contribution in [0, 0.1) is 0 Å². The molecule has 0 atom stereocenters. The van der Waals surface area contributed by atoms with Crippen LogP contribution in [0.5, 0.6) is 11.5 Å². The molecule has 1 aromatic carbocycles. The van der Waals surface area contributed by atoms with Crippen LogP contribution in [0.1, 0.15) is 0 Å². The number of phenolic OH excluding ortho intramolecular Hbond substituents is 2. The van der Waals surface area contributed by atoms with Crippen LogP contribution in [-0.4, -0.2) is 25.3 Å². The van der Waals surface area contributed by atoms with Gasteiger partial charge in [-0.1, -0.05) is 5.16 Å². The van der Waals surface area contributed by atoms with Crippen molar-refractivity contribution in [1.82, 2.24) is 15.1 Å². The third kappa shape index (κ3) is 1.69. The maximum atomic E-state index is 9.41. The summed E-state index contributed by atoms with van der Waals surface area (Å²) in [6, 6.07) is 7.96. The normalized spacial score (nSPS) is 10.7. The Morgan fingerprint density at radius 3 is 2.72 bits per heavy atom. The first-order valence-electron chi connectivity index (χ1n) is 5.24. The summed E-state index contributed by atoms with van der Waals surface area (Å²) in [5.41, 5.74) is 1.28. The molecule has 0 saturated carbocycles. The number of phenols is 2. The second-order valence-corrected chi connectivity index (χ2v) is 3.71. The molecule has 3 aromatic rings. The van der Waals surface area contributed by atoms with Crippen molar-refractivity contribution in [3.05, 3.63) is 36.5 Å². The summed E-state index contributed by atoms with van der Waals surface area (Å²) in [7, 11) is 0. The molecule has 0 fully saturated rings. The molecule has 0 aliphatic heterocycles. The number of hydrogen-bond acceptors (Lipinski definition) is 5. The average Bonchev–Trinajstić information content (AvgIpc) is 3.01. The van der Waals surface area contributed by atoms with E-state index in [1.807, 2.05) is 12.1 Å². The van der Waals surface area contributed by atoms with Gasteiger partial charge in [-0.3, -0.25) is 0 Å². The van der Waals surface area contributed by atoms with Crippen molar-refractivity contribution in [2.45, 2.75) is 0 Å². The molecule has 2 aromatic heterocycles. The number of nitrogens with one attached hydrogen (secondary N) is 1. The Kier molecular flexibility index (Phi) is 2.26. The molecule has 0 spiro atoms. The van der Waals surface area contributed by atoms with E-state index in [0.29, 0.717) is 11.4 Å². The lowest BCUT2D eigenvalue weighted by Gasteiger charge is -1.98. The molecule has 0 radical (unpaired) electrons. The van der Waals surface area contributed by atoms with Crippen LogP contribution in [0.4, 0.5) is 0 Å². The molecule has 6 nitrogen and oxygen atoms in total. The van der Waals surface area contributed by atoms with Crippen molar-refractivity contribution in [3.63, 3.8) is 0 Å². The zero-order chi connectivity index (χ0) is 12.5. The fourth-order valence-corrected chi connectivity index (χ4v) is 1.58. The minimum Gasteiger partial charge on any atom is -0.504 e. The zero-order valence-electron chi connectivity index (χ0n) is 9.16. The molecule has 2 heterocycles. The molecule has 3 N–H and O–H groups in total. The van der Waals surface area contributed by atoms with Gasteiger partial charge in [-0.05, 0) is 30.3 Å². The highest BCUT2D eigenvalue weighted by molar-refractivity contribution is 5.61. The van der Waals surface area contributed by atoms with Gasteiger partial charge in [-0.2, -0.15) is 4.98 Å². The van der Waals surface area contributed by atoms with Gasteiger partial charge in [0, 0.05) is 11.8 Å². The highest BCUT2D eigenvalue weighted by atomic mass is 16.5. The molecule has 0 unspecified atom stereocenters. The molecule has 6 heteroatoms. The van der Waals surface area contributed by atoms with E-state index in [-0.39, 0.29) is 17.4 Å². The predicted octanol–water partition coefficient (Wildman–Crippen LogP) is 2.14. The van der Waals surface area contributed by atoms with Gasteiger partial charge in [-0.25, -0.2) is 0 Å². The van der Waals surface area contributed by atoms with Crippen LogP contribution < -0.4 is 0 Å². The molecule has 0 aliphatic carbocycles. The lowest BCUT2D eigenvalue weighted by Crippen LogP contribution is -1.81. The minimum atomic E-state index is -0.230. The van der Waals surface area contributed by atoms with Crippen molar-refractivity contribution in [3.8, 4) is 34.5 Å². The van der Waals surface area contributed by atoms with Crippen LogP contribution >= 0.6 is 0 Å². The van der Waals surface area contributed by atoms with Gasteiger partial charge < -0.3 is 19.7 Å². The molecule has 18 heavy (non-hydrogen) atoms. The van der Waals surface area contributed by atoms with Crippen LogP contribution in [0.3, 0.4) is 0 Å². The van der Waals surface area contributed by atoms with Gasteiger partial charge in [0.05, 0.1) is 5.69 Å². The van der Waals surface area contributed by atoms with Crippen molar-refractivity contribution < 1.29 is 14.7 Å². The topological polar surface area (TPSA) is 95.2 Å². The van der Waals surface area contributed by atoms with Crippen molar-refractivity contribution in [2.24, 2.45) is 0 Å². The summed E-state index contributed by atoms with van der Waals surface area (Å²) in [5, 5.41) is 22.5. The van der Waals surface area contributed by atoms with Crippen molar-refractivity contribution in [1.29, 1.82) is 0 Å². The Morgan fingerprint density at radius 2 is 2.00 bits per heavy atom. The van der Waals surface area contributed by atoms with Gasteiger partial charge in [0.1, 0.15) is 0 Å². The van der Waals surface area contributed by atoms with E-state index in [1.54, 1.807) is 12.3 Å². The van der Waals surface area contributed by atoms with Crippen LogP contribution in [0.15, 0.2) is 41.1 Å². The lowest BCUT2D eigenvalue weighted by molar-refractivity contribution is 0.402. The summed E-state index contributed by atoms with van der Waals surface area (Å²) in [6.45, 7) is 0. The van der Waals surface area contributed by atoms with Gasteiger partial charge >= 0.3 is 0 Å². The number of rotatable bonds is 2. The smallest absolute Gasteiger partial charge is 0.258 e. The third-order valence-electron chi connectivity index (χ3n) is 2.49. The van der Waals surface area contributed by atoms with Crippen molar-refractivity contribution >= 4 is 0 Å². The minimum absolute atomic E-state index is 0.192. The van der Waals surface area contributed by atoms with E-state index in [9.17, 15) is 10.2 Å². The monoisotopic (exact) mass is 243 g/mol. The SMILES string of the molecule is Oc1ccc(-c2nc(-c3ccc[nH]3)no2)cc1O. The fraction of sp³-hybridized carbons (Fsp3) is 0.